The summed E-state index contributed by atoms with van der Waals surface area (Å²) in [5.41, 5.74) is 3.06. The van der Waals surface area contributed by atoms with E-state index in [1.54, 1.807) is 30.3 Å². The summed E-state index contributed by atoms with van der Waals surface area (Å²) in [6.45, 7) is 3.86. The van der Waals surface area contributed by atoms with Crippen LogP contribution in [0.4, 0.5) is 0 Å². The summed E-state index contributed by atoms with van der Waals surface area (Å²) >= 11 is 0. The summed E-state index contributed by atoms with van der Waals surface area (Å²) in [6.07, 6.45) is 7.16. The van der Waals surface area contributed by atoms with Crippen molar-refractivity contribution in [3.63, 3.8) is 0 Å². The van der Waals surface area contributed by atoms with Crippen molar-refractivity contribution in [1.29, 1.82) is 0 Å². The number of benzene rings is 2. The van der Waals surface area contributed by atoms with Gasteiger partial charge in [0.15, 0.2) is 0 Å². The number of hydrogen-bond acceptors (Lipinski definition) is 5. The van der Waals surface area contributed by atoms with Crippen LogP contribution in [0.3, 0.4) is 0 Å². The summed E-state index contributed by atoms with van der Waals surface area (Å²) in [5.74, 6) is 0.324. The van der Waals surface area contributed by atoms with E-state index in [1.807, 2.05) is 0 Å². The molecule has 0 saturated carbocycles. The molecule has 2 aromatic carbocycles. The van der Waals surface area contributed by atoms with E-state index in [9.17, 15) is 13.2 Å². The van der Waals surface area contributed by atoms with Crippen LogP contribution < -0.4 is 10.0 Å². The average Bonchev–Trinajstić information content (AvgIpc) is 3.56. The summed E-state index contributed by atoms with van der Waals surface area (Å²) in [6, 6.07) is 18.1. The molecule has 2 heterocycles. The predicted molar refractivity (Wildman–Crippen MR) is 131 cm³/mol. The van der Waals surface area contributed by atoms with Crippen LogP contribution in [0.25, 0.3) is 6.08 Å². The van der Waals surface area contributed by atoms with Crippen LogP contribution in [0, 0.1) is 0 Å². The number of nitrogens with one attached hydrogen (secondary N) is 2. The predicted octanol–water partition coefficient (Wildman–Crippen LogP) is 3.68. The summed E-state index contributed by atoms with van der Waals surface area (Å²) in [4.78, 5) is 14.8. The quantitative estimate of drug-likeness (QED) is 0.433. The fourth-order valence-corrected chi connectivity index (χ4v) is 4.80. The molecular formula is C26H29N3O4S. The SMILES string of the molecule is O=C(/C=C/c1ccc(S(=O)(=O)NCc2ccco2)cc1)NCc1ccc(CN2CCCC2)cc1. The van der Waals surface area contributed by atoms with Crippen molar-refractivity contribution in [2.24, 2.45) is 0 Å². The Balaban J connectivity index is 1.24. The second kappa shape index (κ2) is 11.3. The first kappa shape index (κ1) is 23.9. The van der Waals surface area contributed by atoms with E-state index >= 15 is 0 Å². The first-order valence-electron chi connectivity index (χ1n) is 11.4. The molecule has 4 rings (SSSR count). The topological polar surface area (TPSA) is 91.6 Å². The number of rotatable bonds is 10. The third-order valence-corrected chi connectivity index (χ3v) is 7.15. The Morgan fingerprint density at radius 2 is 1.65 bits per heavy atom. The second-order valence-electron chi connectivity index (χ2n) is 8.32. The minimum absolute atomic E-state index is 0.0817. The van der Waals surface area contributed by atoms with E-state index < -0.39 is 10.0 Å². The van der Waals surface area contributed by atoms with Crippen LogP contribution in [0.5, 0.6) is 0 Å². The smallest absolute Gasteiger partial charge is 0.244 e. The molecule has 0 spiro atoms. The molecular weight excluding hydrogens is 450 g/mol. The maximum atomic E-state index is 12.4. The Morgan fingerprint density at radius 3 is 2.32 bits per heavy atom. The van der Waals surface area contributed by atoms with Crippen LogP contribution in [0.2, 0.25) is 0 Å². The van der Waals surface area contributed by atoms with Crippen molar-refractivity contribution in [3.05, 3.63) is 95.5 Å². The molecule has 0 atom stereocenters. The number of carbonyl (C=O) groups excluding carboxylic acids is 1. The Labute approximate surface area is 200 Å². The lowest BCUT2D eigenvalue weighted by molar-refractivity contribution is -0.116. The minimum Gasteiger partial charge on any atom is -0.468 e. The van der Waals surface area contributed by atoms with Crippen molar-refractivity contribution >= 4 is 22.0 Å². The van der Waals surface area contributed by atoms with Gasteiger partial charge in [-0.3, -0.25) is 9.69 Å². The van der Waals surface area contributed by atoms with E-state index in [4.69, 9.17) is 4.42 Å². The molecule has 7 nitrogen and oxygen atoms in total. The van der Waals surface area contributed by atoms with Crippen LogP contribution in [0.15, 0.2) is 82.3 Å². The largest absolute Gasteiger partial charge is 0.468 e. The molecule has 1 fully saturated rings. The van der Waals surface area contributed by atoms with Crippen LogP contribution >= 0.6 is 0 Å². The van der Waals surface area contributed by atoms with Gasteiger partial charge in [-0.25, -0.2) is 13.1 Å². The lowest BCUT2D eigenvalue weighted by atomic mass is 10.1. The number of nitrogens with zero attached hydrogens (tertiary/aromatic N) is 1. The number of likely N-dealkylation sites (tertiary alicyclic amines) is 1. The Kier molecular flexibility index (Phi) is 7.95. The van der Waals surface area contributed by atoms with E-state index in [-0.39, 0.29) is 17.3 Å². The molecule has 178 valence electrons. The molecule has 1 saturated heterocycles. The number of carbonyl (C=O) groups is 1. The third-order valence-electron chi connectivity index (χ3n) is 5.73. The molecule has 1 aliphatic heterocycles. The van der Waals surface area contributed by atoms with E-state index in [0.29, 0.717) is 12.3 Å². The van der Waals surface area contributed by atoms with Crippen LogP contribution in [-0.4, -0.2) is 32.3 Å². The summed E-state index contributed by atoms with van der Waals surface area (Å²) < 4.78 is 32.4. The minimum atomic E-state index is -3.65. The highest BCUT2D eigenvalue weighted by Gasteiger charge is 2.14. The van der Waals surface area contributed by atoms with Crippen LogP contribution in [-0.2, 0) is 34.5 Å². The van der Waals surface area contributed by atoms with E-state index in [1.165, 1.54) is 56.0 Å². The molecule has 0 unspecified atom stereocenters. The lowest BCUT2D eigenvalue weighted by Crippen LogP contribution is -2.22. The zero-order valence-electron chi connectivity index (χ0n) is 18.9. The maximum absolute atomic E-state index is 12.4. The average molecular weight is 480 g/mol. The van der Waals surface area contributed by atoms with Gasteiger partial charge in [0.05, 0.1) is 17.7 Å². The zero-order valence-corrected chi connectivity index (χ0v) is 19.8. The Morgan fingerprint density at radius 1 is 0.941 bits per heavy atom. The molecule has 8 heteroatoms. The molecule has 1 amide bonds. The standard InChI is InChI=1S/C26H29N3O4S/c30-26(27-18-22-5-7-23(8-6-22)20-29-15-1-2-16-29)14-11-21-9-12-25(13-10-21)34(31,32)28-19-24-4-3-17-33-24/h3-14,17,28H,1-2,15-16,18-20H2,(H,27,30)/b14-11+. The first-order valence-corrected chi connectivity index (χ1v) is 12.8. The fourth-order valence-electron chi connectivity index (χ4n) is 3.80. The molecule has 34 heavy (non-hydrogen) atoms. The van der Waals surface area contributed by atoms with Gasteiger partial charge in [-0.15, -0.1) is 0 Å². The molecule has 3 aromatic rings. The number of amides is 1. The van der Waals surface area contributed by atoms with Crippen molar-refractivity contribution in [3.8, 4) is 0 Å². The monoisotopic (exact) mass is 479 g/mol. The summed E-state index contributed by atoms with van der Waals surface area (Å²) in [5, 5.41) is 2.88. The van der Waals surface area contributed by atoms with Gasteiger partial charge in [-0.1, -0.05) is 36.4 Å². The van der Waals surface area contributed by atoms with E-state index in [0.717, 1.165) is 17.7 Å². The third kappa shape index (κ3) is 6.90. The number of hydrogen-bond donors (Lipinski definition) is 2. The van der Waals surface area contributed by atoms with Crippen molar-refractivity contribution in [2.45, 2.75) is 37.4 Å². The van der Waals surface area contributed by atoms with Gasteiger partial charge in [0.1, 0.15) is 5.76 Å². The van der Waals surface area contributed by atoms with Crippen molar-refractivity contribution in [1.82, 2.24) is 14.9 Å². The van der Waals surface area contributed by atoms with Crippen LogP contribution in [0.1, 0.15) is 35.3 Å². The molecule has 0 aliphatic carbocycles. The second-order valence-corrected chi connectivity index (χ2v) is 10.1. The number of furan rings is 1. The zero-order chi connectivity index (χ0) is 23.8. The maximum Gasteiger partial charge on any atom is 0.244 e. The number of sulfonamides is 1. The molecule has 1 aliphatic rings. The molecule has 0 bridgehead atoms. The molecule has 1 aromatic heterocycles. The van der Waals surface area contributed by atoms with E-state index in [2.05, 4.69) is 39.2 Å². The van der Waals surface area contributed by atoms with Crippen molar-refractivity contribution in [2.75, 3.05) is 13.1 Å². The molecule has 0 radical (unpaired) electrons. The Bertz CT molecular complexity index is 1200. The van der Waals surface area contributed by atoms with Crippen molar-refractivity contribution < 1.29 is 17.6 Å². The summed E-state index contributed by atoms with van der Waals surface area (Å²) in [7, 11) is -3.65. The van der Waals surface area contributed by atoms with Gasteiger partial charge in [-0.05, 0) is 73.0 Å². The van der Waals surface area contributed by atoms with Gasteiger partial charge < -0.3 is 9.73 Å². The highest BCUT2D eigenvalue weighted by molar-refractivity contribution is 7.89. The normalized spacial score (nSPS) is 14.6. The van der Waals surface area contributed by atoms with Gasteiger partial charge in [-0.2, -0.15) is 0 Å². The first-order chi connectivity index (χ1) is 16.5. The van der Waals surface area contributed by atoms with Gasteiger partial charge in [0.25, 0.3) is 0 Å². The lowest BCUT2D eigenvalue weighted by Gasteiger charge is -2.14. The van der Waals surface area contributed by atoms with Gasteiger partial charge in [0, 0.05) is 19.2 Å². The highest BCUT2D eigenvalue weighted by atomic mass is 32.2. The molecule has 2 N–H and O–H groups in total. The highest BCUT2D eigenvalue weighted by Crippen LogP contribution is 2.14. The Hall–Kier alpha value is -3.20. The van der Waals surface area contributed by atoms with Gasteiger partial charge in [0.2, 0.25) is 15.9 Å². The van der Waals surface area contributed by atoms with Gasteiger partial charge >= 0.3 is 0 Å². The fraction of sp³-hybridized carbons (Fsp3) is 0.269.